The van der Waals surface area contributed by atoms with Gasteiger partial charge in [0.05, 0.1) is 12.0 Å². The molecule has 130 valence electrons. The third-order valence-electron chi connectivity index (χ3n) is 4.87. The van der Waals surface area contributed by atoms with Gasteiger partial charge in [-0.25, -0.2) is 4.39 Å². The SMILES string of the molecule is CC1(C)CC2(C=C(C#N)C1=O)CN(C(=O)Cc1cc(F)cc(Cl)c1)C2. The molecule has 1 spiro atoms. The number of carbonyl (C=O) groups excluding carboxylic acids is 2. The molecule has 0 saturated carbocycles. The van der Waals surface area contributed by atoms with Crippen molar-refractivity contribution in [3.63, 3.8) is 0 Å². The molecular formula is C19H18ClFN2O2. The lowest BCUT2D eigenvalue weighted by Gasteiger charge is -2.53. The molecule has 1 heterocycles. The van der Waals surface area contributed by atoms with Crippen molar-refractivity contribution in [2.75, 3.05) is 13.1 Å². The van der Waals surface area contributed by atoms with E-state index in [4.69, 9.17) is 11.6 Å². The molecule has 4 nitrogen and oxygen atoms in total. The summed E-state index contributed by atoms with van der Waals surface area (Å²) in [6.45, 7) is 4.61. The maximum atomic E-state index is 13.4. The molecule has 0 radical (unpaired) electrons. The van der Waals surface area contributed by atoms with Crippen LogP contribution in [0, 0.1) is 28.0 Å². The van der Waals surface area contributed by atoms with Crippen molar-refractivity contribution < 1.29 is 14.0 Å². The number of halogens is 2. The fourth-order valence-electron chi connectivity index (χ4n) is 3.92. The highest BCUT2D eigenvalue weighted by atomic mass is 35.5. The van der Waals surface area contributed by atoms with E-state index in [0.29, 0.717) is 25.1 Å². The monoisotopic (exact) mass is 360 g/mol. The summed E-state index contributed by atoms with van der Waals surface area (Å²) in [6, 6.07) is 6.06. The van der Waals surface area contributed by atoms with E-state index >= 15 is 0 Å². The van der Waals surface area contributed by atoms with E-state index in [0.717, 1.165) is 0 Å². The number of hydrogen-bond acceptors (Lipinski definition) is 3. The number of carbonyl (C=O) groups is 2. The molecule has 0 atom stereocenters. The van der Waals surface area contributed by atoms with Crippen LogP contribution < -0.4 is 0 Å². The van der Waals surface area contributed by atoms with E-state index in [1.54, 1.807) is 17.0 Å². The Hall–Kier alpha value is -2.19. The summed E-state index contributed by atoms with van der Waals surface area (Å²) in [6.07, 6.45) is 2.41. The van der Waals surface area contributed by atoms with Gasteiger partial charge in [0.15, 0.2) is 5.78 Å². The number of nitriles is 1. The lowest BCUT2D eigenvalue weighted by atomic mass is 9.61. The molecule has 6 heteroatoms. The van der Waals surface area contributed by atoms with Gasteiger partial charge in [-0.05, 0) is 30.2 Å². The molecule has 1 amide bonds. The van der Waals surface area contributed by atoms with Crippen LogP contribution in [-0.4, -0.2) is 29.7 Å². The second-order valence-electron chi connectivity index (χ2n) is 7.63. The molecular weight excluding hydrogens is 343 g/mol. The van der Waals surface area contributed by atoms with E-state index in [-0.39, 0.29) is 34.1 Å². The van der Waals surface area contributed by atoms with Gasteiger partial charge in [0.2, 0.25) is 5.91 Å². The van der Waals surface area contributed by atoms with Crippen LogP contribution in [0.4, 0.5) is 4.39 Å². The molecule has 1 fully saturated rings. The largest absolute Gasteiger partial charge is 0.341 e. The van der Waals surface area contributed by atoms with Crippen LogP contribution in [0.15, 0.2) is 29.8 Å². The zero-order chi connectivity index (χ0) is 18.4. The zero-order valence-electron chi connectivity index (χ0n) is 14.1. The van der Waals surface area contributed by atoms with Crippen LogP contribution >= 0.6 is 11.6 Å². The lowest BCUT2D eigenvalue weighted by Crippen LogP contribution is -2.61. The van der Waals surface area contributed by atoms with Crippen molar-refractivity contribution in [3.05, 3.63) is 46.3 Å². The van der Waals surface area contributed by atoms with Crippen LogP contribution in [0.5, 0.6) is 0 Å². The van der Waals surface area contributed by atoms with Crippen molar-refractivity contribution in [1.29, 1.82) is 5.26 Å². The average molecular weight is 361 g/mol. The minimum Gasteiger partial charge on any atom is -0.341 e. The van der Waals surface area contributed by atoms with Crippen molar-refractivity contribution >= 4 is 23.3 Å². The molecule has 25 heavy (non-hydrogen) atoms. The number of amides is 1. The van der Waals surface area contributed by atoms with Crippen molar-refractivity contribution in [2.24, 2.45) is 10.8 Å². The summed E-state index contributed by atoms with van der Waals surface area (Å²) in [5.41, 5.74) is -0.216. The molecule has 1 saturated heterocycles. The highest BCUT2D eigenvalue weighted by molar-refractivity contribution is 6.30. The van der Waals surface area contributed by atoms with E-state index in [1.165, 1.54) is 12.1 Å². The minimum absolute atomic E-state index is 0.0741. The molecule has 1 aliphatic heterocycles. The first-order valence-electron chi connectivity index (χ1n) is 8.05. The van der Waals surface area contributed by atoms with Gasteiger partial charge < -0.3 is 4.90 Å². The summed E-state index contributed by atoms with van der Waals surface area (Å²) < 4.78 is 13.4. The highest BCUT2D eigenvalue weighted by Crippen LogP contribution is 2.48. The number of nitrogens with zero attached hydrogens (tertiary/aromatic N) is 2. The average Bonchev–Trinajstić information content (AvgIpc) is 2.46. The predicted octanol–water partition coefficient (Wildman–Crippen LogP) is 3.30. The Balaban J connectivity index is 1.71. The smallest absolute Gasteiger partial charge is 0.227 e. The second-order valence-corrected chi connectivity index (χ2v) is 8.06. The Labute approximate surface area is 150 Å². The maximum Gasteiger partial charge on any atom is 0.227 e. The normalized spacial score (nSPS) is 20.7. The standard InChI is InChI=1S/C19H18ClFN2O2/c1-18(2)9-19(7-13(8-22)17(18)25)10-23(11-19)16(24)5-12-3-14(20)6-15(21)4-12/h3-4,6-7H,5,9-11H2,1-2H3. The van der Waals surface area contributed by atoms with Crippen LogP contribution in [0.3, 0.4) is 0 Å². The molecule has 0 N–H and O–H groups in total. The van der Waals surface area contributed by atoms with Gasteiger partial charge in [-0.2, -0.15) is 5.26 Å². The highest BCUT2D eigenvalue weighted by Gasteiger charge is 2.52. The van der Waals surface area contributed by atoms with Gasteiger partial charge in [0.25, 0.3) is 0 Å². The van der Waals surface area contributed by atoms with Gasteiger partial charge in [-0.15, -0.1) is 0 Å². The van der Waals surface area contributed by atoms with Gasteiger partial charge in [-0.3, -0.25) is 9.59 Å². The van der Waals surface area contributed by atoms with E-state index in [2.05, 4.69) is 0 Å². The Morgan fingerprint density at radius 2 is 2.04 bits per heavy atom. The van der Waals surface area contributed by atoms with Crippen LogP contribution in [0.1, 0.15) is 25.8 Å². The van der Waals surface area contributed by atoms with E-state index in [1.807, 2.05) is 19.9 Å². The molecule has 3 rings (SSSR count). The number of rotatable bonds is 2. The van der Waals surface area contributed by atoms with Crippen molar-refractivity contribution in [2.45, 2.75) is 26.7 Å². The van der Waals surface area contributed by atoms with E-state index in [9.17, 15) is 19.2 Å². The molecule has 0 unspecified atom stereocenters. The Morgan fingerprint density at radius 1 is 1.36 bits per heavy atom. The summed E-state index contributed by atoms with van der Waals surface area (Å²) in [5.74, 6) is -0.724. The van der Waals surface area contributed by atoms with Crippen LogP contribution in [-0.2, 0) is 16.0 Å². The van der Waals surface area contributed by atoms with Crippen molar-refractivity contribution in [1.82, 2.24) is 4.90 Å². The molecule has 0 bridgehead atoms. The van der Waals surface area contributed by atoms with Gasteiger partial charge in [0, 0.05) is 28.9 Å². The summed E-state index contributed by atoms with van der Waals surface area (Å²) in [5, 5.41) is 9.46. The van der Waals surface area contributed by atoms with Gasteiger partial charge >= 0.3 is 0 Å². The third-order valence-corrected chi connectivity index (χ3v) is 5.08. The molecule has 1 aliphatic carbocycles. The number of benzene rings is 1. The summed E-state index contributed by atoms with van der Waals surface area (Å²) >= 11 is 5.82. The van der Waals surface area contributed by atoms with Crippen LogP contribution in [0.2, 0.25) is 5.02 Å². The number of likely N-dealkylation sites (tertiary alicyclic amines) is 1. The third kappa shape index (κ3) is 3.32. The maximum absolute atomic E-state index is 13.4. The Bertz CT molecular complexity index is 812. The van der Waals surface area contributed by atoms with Crippen molar-refractivity contribution in [3.8, 4) is 6.07 Å². The first kappa shape index (κ1) is 17.6. The molecule has 2 aliphatic rings. The fraction of sp³-hybridized carbons (Fsp3) is 0.421. The Kier molecular flexibility index (Phi) is 4.20. The van der Waals surface area contributed by atoms with E-state index < -0.39 is 11.2 Å². The number of ketones is 1. The first-order valence-corrected chi connectivity index (χ1v) is 8.42. The molecule has 0 aromatic heterocycles. The minimum atomic E-state index is -0.606. The van der Waals surface area contributed by atoms with Gasteiger partial charge in [0.1, 0.15) is 11.9 Å². The lowest BCUT2D eigenvalue weighted by molar-refractivity contribution is -0.143. The number of allylic oxidation sites excluding steroid dienone is 1. The topological polar surface area (TPSA) is 61.2 Å². The fourth-order valence-corrected chi connectivity index (χ4v) is 4.17. The summed E-state index contributed by atoms with van der Waals surface area (Å²) in [4.78, 5) is 26.3. The quantitative estimate of drug-likeness (QED) is 0.813. The predicted molar refractivity (Wildman–Crippen MR) is 91.2 cm³/mol. The summed E-state index contributed by atoms with van der Waals surface area (Å²) in [7, 11) is 0. The molecule has 1 aromatic carbocycles. The molecule has 1 aromatic rings. The van der Waals surface area contributed by atoms with Gasteiger partial charge in [-0.1, -0.05) is 31.5 Å². The first-order chi connectivity index (χ1) is 11.6. The number of Topliss-reactive ketones (excluding diaryl/α,β-unsaturated/α-hetero) is 1. The second kappa shape index (κ2) is 5.96. The van der Waals surface area contributed by atoms with Crippen LogP contribution in [0.25, 0.3) is 0 Å². The Morgan fingerprint density at radius 3 is 2.64 bits per heavy atom. The zero-order valence-corrected chi connectivity index (χ0v) is 14.9. The number of hydrogen-bond donors (Lipinski definition) is 0.